The van der Waals surface area contributed by atoms with Crippen LogP contribution >= 0.6 is 0 Å². The first-order valence-electron chi connectivity index (χ1n) is 7.92. The number of carbonyl (C=O) groups is 1. The van der Waals surface area contributed by atoms with Crippen LogP contribution in [-0.4, -0.2) is 53.9 Å². The van der Waals surface area contributed by atoms with Crippen molar-refractivity contribution in [2.24, 2.45) is 0 Å². The molecular formula is C18H23N3O. The molecule has 1 aromatic carbocycles. The van der Waals surface area contributed by atoms with Crippen LogP contribution in [0, 0.1) is 0 Å². The van der Waals surface area contributed by atoms with Crippen LogP contribution in [0.25, 0.3) is 11.3 Å². The third-order valence-electron chi connectivity index (χ3n) is 4.30. The van der Waals surface area contributed by atoms with Crippen molar-refractivity contribution in [1.82, 2.24) is 14.8 Å². The number of aromatic nitrogens is 1. The van der Waals surface area contributed by atoms with Crippen molar-refractivity contribution < 1.29 is 4.79 Å². The fourth-order valence-electron chi connectivity index (χ4n) is 2.83. The summed E-state index contributed by atoms with van der Waals surface area (Å²) in [6.07, 6.45) is 1.36. The third kappa shape index (κ3) is 3.57. The van der Waals surface area contributed by atoms with Gasteiger partial charge in [0.25, 0.3) is 0 Å². The van der Waals surface area contributed by atoms with Crippen molar-refractivity contribution in [2.75, 3.05) is 33.2 Å². The van der Waals surface area contributed by atoms with Gasteiger partial charge in [-0.25, -0.2) is 0 Å². The zero-order chi connectivity index (χ0) is 15.4. The number of aryl methyl sites for hydroxylation is 1. The van der Waals surface area contributed by atoms with Gasteiger partial charge in [-0.2, -0.15) is 0 Å². The Labute approximate surface area is 131 Å². The number of hydrogen-bond acceptors (Lipinski definition) is 2. The highest BCUT2D eigenvalue weighted by Crippen LogP contribution is 2.18. The Kier molecular flexibility index (Phi) is 4.59. The minimum Gasteiger partial charge on any atom is -0.358 e. The molecule has 116 valence electrons. The van der Waals surface area contributed by atoms with E-state index >= 15 is 0 Å². The number of rotatable bonds is 4. The molecule has 0 unspecified atom stereocenters. The highest BCUT2D eigenvalue weighted by Gasteiger charge is 2.18. The second kappa shape index (κ2) is 6.79. The summed E-state index contributed by atoms with van der Waals surface area (Å²) < 4.78 is 0. The number of nitrogens with zero attached hydrogens (tertiary/aromatic N) is 2. The van der Waals surface area contributed by atoms with E-state index < -0.39 is 0 Å². The van der Waals surface area contributed by atoms with Gasteiger partial charge in [0.1, 0.15) is 0 Å². The molecule has 2 aromatic rings. The zero-order valence-corrected chi connectivity index (χ0v) is 13.1. The predicted molar refractivity (Wildman–Crippen MR) is 88.6 cm³/mol. The summed E-state index contributed by atoms with van der Waals surface area (Å²) in [6, 6.07) is 14.4. The van der Waals surface area contributed by atoms with Crippen molar-refractivity contribution in [3.63, 3.8) is 0 Å². The molecule has 0 spiro atoms. The van der Waals surface area contributed by atoms with Crippen LogP contribution in [0.15, 0.2) is 42.5 Å². The van der Waals surface area contributed by atoms with Gasteiger partial charge in [-0.05, 0) is 31.2 Å². The SMILES string of the molecule is CN1CCN(C(=O)CCc2ccc(-c3ccccc3)[nH]2)CC1. The topological polar surface area (TPSA) is 39.3 Å². The fourth-order valence-corrected chi connectivity index (χ4v) is 2.83. The third-order valence-corrected chi connectivity index (χ3v) is 4.30. The van der Waals surface area contributed by atoms with E-state index in [0.717, 1.165) is 44.0 Å². The number of piperazine rings is 1. The van der Waals surface area contributed by atoms with Crippen LogP contribution in [0.2, 0.25) is 0 Å². The monoisotopic (exact) mass is 297 g/mol. The Hall–Kier alpha value is -2.07. The highest BCUT2D eigenvalue weighted by atomic mass is 16.2. The zero-order valence-electron chi connectivity index (χ0n) is 13.1. The largest absolute Gasteiger partial charge is 0.358 e. The van der Waals surface area contributed by atoms with Crippen molar-refractivity contribution in [3.05, 3.63) is 48.2 Å². The molecular weight excluding hydrogens is 274 g/mol. The summed E-state index contributed by atoms with van der Waals surface area (Å²) in [4.78, 5) is 19.9. The summed E-state index contributed by atoms with van der Waals surface area (Å²) in [6.45, 7) is 3.67. The molecule has 4 nitrogen and oxygen atoms in total. The van der Waals surface area contributed by atoms with E-state index in [2.05, 4.69) is 41.2 Å². The van der Waals surface area contributed by atoms with Crippen LogP contribution in [0.1, 0.15) is 12.1 Å². The summed E-state index contributed by atoms with van der Waals surface area (Å²) in [5.74, 6) is 0.268. The van der Waals surface area contributed by atoms with E-state index in [0.29, 0.717) is 6.42 Å². The highest BCUT2D eigenvalue weighted by molar-refractivity contribution is 5.76. The van der Waals surface area contributed by atoms with Crippen LogP contribution in [-0.2, 0) is 11.2 Å². The van der Waals surface area contributed by atoms with E-state index in [-0.39, 0.29) is 5.91 Å². The van der Waals surface area contributed by atoms with Crippen molar-refractivity contribution in [3.8, 4) is 11.3 Å². The lowest BCUT2D eigenvalue weighted by atomic mass is 10.2. The summed E-state index contributed by atoms with van der Waals surface area (Å²) in [5, 5.41) is 0. The van der Waals surface area contributed by atoms with Crippen molar-refractivity contribution in [2.45, 2.75) is 12.8 Å². The lowest BCUT2D eigenvalue weighted by Gasteiger charge is -2.32. The minimum absolute atomic E-state index is 0.268. The molecule has 1 amide bonds. The van der Waals surface area contributed by atoms with E-state index in [9.17, 15) is 4.79 Å². The van der Waals surface area contributed by atoms with Gasteiger partial charge in [0, 0.05) is 44.0 Å². The van der Waals surface area contributed by atoms with Gasteiger partial charge in [-0.15, -0.1) is 0 Å². The van der Waals surface area contributed by atoms with E-state index in [1.807, 2.05) is 23.1 Å². The van der Waals surface area contributed by atoms with Gasteiger partial charge in [0.05, 0.1) is 0 Å². The molecule has 0 aliphatic carbocycles. The molecule has 22 heavy (non-hydrogen) atoms. The van der Waals surface area contributed by atoms with Gasteiger partial charge < -0.3 is 14.8 Å². The maximum Gasteiger partial charge on any atom is 0.223 e. The molecule has 1 aliphatic heterocycles. The van der Waals surface area contributed by atoms with Crippen LogP contribution in [0.4, 0.5) is 0 Å². The first-order valence-corrected chi connectivity index (χ1v) is 7.92. The molecule has 0 bridgehead atoms. The Morgan fingerprint density at radius 2 is 1.77 bits per heavy atom. The second-order valence-electron chi connectivity index (χ2n) is 5.95. The van der Waals surface area contributed by atoms with Crippen LogP contribution in [0.3, 0.4) is 0 Å². The molecule has 1 N–H and O–H groups in total. The van der Waals surface area contributed by atoms with E-state index in [4.69, 9.17) is 0 Å². The Bertz CT molecular complexity index is 612. The van der Waals surface area contributed by atoms with Crippen molar-refractivity contribution in [1.29, 1.82) is 0 Å². The standard InChI is InChI=1S/C18H23N3O/c1-20-11-13-21(14-12-20)18(22)10-8-16-7-9-17(19-16)15-5-3-2-4-6-15/h2-7,9,19H,8,10-14H2,1H3. The maximum atomic E-state index is 12.2. The molecule has 1 saturated heterocycles. The fraction of sp³-hybridized carbons (Fsp3) is 0.389. The molecule has 0 saturated carbocycles. The number of benzene rings is 1. The quantitative estimate of drug-likeness (QED) is 0.941. The van der Waals surface area contributed by atoms with E-state index in [1.165, 1.54) is 5.56 Å². The smallest absolute Gasteiger partial charge is 0.223 e. The molecule has 1 fully saturated rings. The van der Waals surface area contributed by atoms with E-state index in [1.54, 1.807) is 0 Å². The van der Waals surface area contributed by atoms with Gasteiger partial charge >= 0.3 is 0 Å². The van der Waals surface area contributed by atoms with Gasteiger partial charge in [-0.1, -0.05) is 30.3 Å². The average Bonchev–Trinajstić information content (AvgIpc) is 3.03. The maximum absolute atomic E-state index is 12.2. The minimum atomic E-state index is 0.268. The summed E-state index contributed by atoms with van der Waals surface area (Å²) in [7, 11) is 2.10. The van der Waals surface area contributed by atoms with Crippen molar-refractivity contribution >= 4 is 5.91 Å². The molecule has 0 radical (unpaired) electrons. The van der Waals surface area contributed by atoms with Crippen LogP contribution < -0.4 is 0 Å². The predicted octanol–water partition coefficient (Wildman–Crippen LogP) is 2.39. The Morgan fingerprint density at radius 1 is 1.05 bits per heavy atom. The number of nitrogens with one attached hydrogen (secondary N) is 1. The summed E-state index contributed by atoms with van der Waals surface area (Å²) in [5.41, 5.74) is 3.42. The number of carbonyl (C=O) groups excluding carboxylic acids is 1. The lowest BCUT2D eigenvalue weighted by Crippen LogP contribution is -2.47. The number of H-pyrrole nitrogens is 1. The second-order valence-corrected chi connectivity index (χ2v) is 5.95. The Balaban J connectivity index is 1.54. The molecule has 4 heteroatoms. The molecule has 1 aliphatic rings. The molecule has 1 aromatic heterocycles. The number of likely N-dealkylation sites (N-methyl/N-ethyl adjacent to an activating group) is 1. The van der Waals surface area contributed by atoms with Gasteiger partial charge in [-0.3, -0.25) is 4.79 Å². The average molecular weight is 297 g/mol. The normalized spacial score (nSPS) is 16.0. The molecule has 0 atom stereocenters. The lowest BCUT2D eigenvalue weighted by molar-refractivity contribution is -0.132. The molecule has 3 rings (SSSR count). The molecule has 2 heterocycles. The number of hydrogen-bond donors (Lipinski definition) is 1. The Morgan fingerprint density at radius 3 is 2.50 bits per heavy atom. The number of aromatic amines is 1. The number of amides is 1. The summed E-state index contributed by atoms with van der Waals surface area (Å²) >= 11 is 0. The first-order chi connectivity index (χ1) is 10.7. The van der Waals surface area contributed by atoms with Crippen LogP contribution in [0.5, 0.6) is 0 Å². The van der Waals surface area contributed by atoms with Gasteiger partial charge in [0.2, 0.25) is 5.91 Å². The first kappa shape index (κ1) is 14.9. The van der Waals surface area contributed by atoms with Gasteiger partial charge in [0.15, 0.2) is 0 Å².